The Labute approximate surface area is 125 Å². The van der Waals surface area contributed by atoms with Crippen LogP contribution in [0.4, 0.5) is 0 Å². The zero-order valence-electron chi connectivity index (χ0n) is 12.0. The standard InChI is InChI=1S/C17H19ClO2/c1-11-4-5-13(8-12(11)2)9-16(19)14-6-7-17(20-3)15(18)10-14/h4-8,10,16,19H,9H2,1-3H3. The summed E-state index contributed by atoms with van der Waals surface area (Å²) in [7, 11) is 1.58. The van der Waals surface area contributed by atoms with Crippen LogP contribution < -0.4 is 4.74 Å². The van der Waals surface area contributed by atoms with Gasteiger partial charge in [-0.3, -0.25) is 0 Å². The van der Waals surface area contributed by atoms with Crippen molar-refractivity contribution in [1.82, 2.24) is 0 Å². The lowest BCUT2D eigenvalue weighted by molar-refractivity contribution is 0.178. The molecule has 20 heavy (non-hydrogen) atoms. The molecule has 0 aliphatic carbocycles. The largest absolute Gasteiger partial charge is 0.495 e. The number of hydrogen-bond acceptors (Lipinski definition) is 2. The fraction of sp³-hybridized carbons (Fsp3) is 0.294. The fourth-order valence-electron chi connectivity index (χ4n) is 2.16. The molecule has 0 radical (unpaired) electrons. The van der Waals surface area contributed by atoms with Crippen molar-refractivity contribution in [3.8, 4) is 5.75 Å². The molecule has 1 unspecified atom stereocenters. The van der Waals surface area contributed by atoms with Gasteiger partial charge in [-0.1, -0.05) is 35.9 Å². The minimum Gasteiger partial charge on any atom is -0.495 e. The third kappa shape index (κ3) is 3.33. The number of aryl methyl sites for hydroxylation is 2. The van der Waals surface area contributed by atoms with E-state index in [0.717, 1.165) is 11.1 Å². The molecule has 0 fully saturated rings. The molecule has 2 nitrogen and oxygen atoms in total. The second kappa shape index (κ2) is 6.29. The average molecular weight is 291 g/mol. The van der Waals surface area contributed by atoms with Gasteiger partial charge in [0.2, 0.25) is 0 Å². The summed E-state index contributed by atoms with van der Waals surface area (Å²) in [5.74, 6) is 0.619. The lowest BCUT2D eigenvalue weighted by Gasteiger charge is -2.13. The monoisotopic (exact) mass is 290 g/mol. The fourth-order valence-corrected chi connectivity index (χ4v) is 2.43. The zero-order valence-corrected chi connectivity index (χ0v) is 12.7. The molecule has 2 aromatic carbocycles. The van der Waals surface area contributed by atoms with Crippen molar-refractivity contribution >= 4 is 11.6 Å². The van der Waals surface area contributed by atoms with E-state index in [1.807, 2.05) is 6.07 Å². The topological polar surface area (TPSA) is 29.5 Å². The van der Waals surface area contributed by atoms with Crippen molar-refractivity contribution in [3.63, 3.8) is 0 Å². The summed E-state index contributed by atoms with van der Waals surface area (Å²) in [6, 6.07) is 11.6. The van der Waals surface area contributed by atoms with Crippen molar-refractivity contribution in [2.75, 3.05) is 7.11 Å². The van der Waals surface area contributed by atoms with Gasteiger partial charge in [0.05, 0.1) is 18.2 Å². The van der Waals surface area contributed by atoms with E-state index in [1.54, 1.807) is 19.2 Å². The van der Waals surface area contributed by atoms with E-state index in [-0.39, 0.29) is 0 Å². The first-order chi connectivity index (χ1) is 9.51. The maximum absolute atomic E-state index is 10.3. The summed E-state index contributed by atoms with van der Waals surface area (Å²) in [5, 5.41) is 10.8. The summed E-state index contributed by atoms with van der Waals surface area (Å²) in [6.07, 6.45) is 0.00422. The molecule has 106 valence electrons. The Balaban J connectivity index is 2.17. The Morgan fingerprint density at radius 1 is 1.10 bits per heavy atom. The number of ether oxygens (including phenoxy) is 1. The molecule has 0 heterocycles. The van der Waals surface area contributed by atoms with Crippen LogP contribution in [0.3, 0.4) is 0 Å². The van der Waals surface area contributed by atoms with Gasteiger partial charge >= 0.3 is 0 Å². The molecule has 0 saturated heterocycles. The second-order valence-corrected chi connectivity index (χ2v) is 5.44. The number of rotatable bonds is 4. The maximum atomic E-state index is 10.3. The van der Waals surface area contributed by atoms with Crippen molar-refractivity contribution in [1.29, 1.82) is 0 Å². The summed E-state index contributed by atoms with van der Waals surface area (Å²) in [6.45, 7) is 4.16. The first-order valence-electron chi connectivity index (χ1n) is 6.59. The Kier molecular flexibility index (Phi) is 4.69. The van der Waals surface area contributed by atoms with Crippen LogP contribution in [0.5, 0.6) is 5.75 Å². The van der Waals surface area contributed by atoms with Gasteiger partial charge in [-0.25, -0.2) is 0 Å². The molecule has 0 aliphatic rings. The molecule has 0 saturated carbocycles. The van der Waals surface area contributed by atoms with Crippen molar-refractivity contribution in [2.24, 2.45) is 0 Å². The molecule has 2 rings (SSSR count). The average Bonchev–Trinajstić information content (AvgIpc) is 2.42. The van der Waals surface area contributed by atoms with Crippen LogP contribution in [0.25, 0.3) is 0 Å². The Bertz CT molecular complexity index is 608. The third-order valence-corrected chi connectivity index (χ3v) is 3.86. The van der Waals surface area contributed by atoms with Gasteiger partial charge in [0.15, 0.2) is 0 Å². The van der Waals surface area contributed by atoms with Gasteiger partial charge in [0.25, 0.3) is 0 Å². The highest BCUT2D eigenvalue weighted by Gasteiger charge is 2.11. The van der Waals surface area contributed by atoms with Gasteiger partial charge < -0.3 is 9.84 Å². The first kappa shape index (κ1) is 14.9. The Morgan fingerprint density at radius 2 is 1.85 bits per heavy atom. The molecule has 0 spiro atoms. The Morgan fingerprint density at radius 3 is 2.45 bits per heavy atom. The summed E-state index contributed by atoms with van der Waals surface area (Å²) in [4.78, 5) is 0. The van der Waals surface area contributed by atoms with Gasteiger partial charge in [0.1, 0.15) is 5.75 Å². The smallest absolute Gasteiger partial charge is 0.137 e. The molecule has 0 bridgehead atoms. The van der Waals surface area contributed by atoms with Crippen molar-refractivity contribution in [2.45, 2.75) is 26.4 Å². The SMILES string of the molecule is COc1ccc(C(O)Cc2ccc(C)c(C)c2)cc1Cl. The molecule has 1 N–H and O–H groups in total. The van der Waals surface area contributed by atoms with E-state index in [4.69, 9.17) is 16.3 Å². The number of aliphatic hydroxyl groups is 1. The van der Waals surface area contributed by atoms with Crippen molar-refractivity contribution < 1.29 is 9.84 Å². The predicted molar refractivity (Wildman–Crippen MR) is 82.6 cm³/mol. The van der Waals surface area contributed by atoms with E-state index in [2.05, 4.69) is 32.0 Å². The second-order valence-electron chi connectivity index (χ2n) is 5.03. The van der Waals surface area contributed by atoms with Gasteiger partial charge in [-0.2, -0.15) is 0 Å². The molecular formula is C17H19ClO2. The quantitative estimate of drug-likeness (QED) is 0.912. The van der Waals surface area contributed by atoms with Gasteiger partial charge in [-0.05, 0) is 48.2 Å². The van der Waals surface area contributed by atoms with Crippen LogP contribution in [0.15, 0.2) is 36.4 Å². The van der Waals surface area contributed by atoms with E-state index in [9.17, 15) is 5.11 Å². The lowest BCUT2D eigenvalue weighted by atomic mass is 9.98. The lowest BCUT2D eigenvalue weighted by Crippen LogP contribution is -2.02. The van der Waals surface area contributed by atoms with Crippen molar-refractivity contribution in [3.05, 3.63) is 63.7 Å². The highest BCUT2D eigenvalue weighted by atomic mass is 35.5. The number of aliphatic hydroxyl groups excluding tert-OH is 1. The molecular weight excluding hydrogens is 272 g/mol. The zero-order chi connectivity index (χ0) is 14.7. The van der Waals surface area contributed by atoms with Gasteiger partial charge in [0, 0.05) is 6.42 Å². The Hall–Kier alpha value is -1.51. The van der Waals surface area contributed by atoms with E-state index in [0.29, 0.717) is 17.2 Å². The van der Waals surface area contributed by atoms with Crippen LogP contribution >= 0.6 is 11.6 Å². The molecule has 0 aliphatic heterocycles. The van der Waals surface area contributed by atoms with E-state index < -0.39 is 6.10 Å². The van der Waals surface area contributed by atoms with E-state index in [1.165, 1.54) is 11.1 Å². The summed E-state index contributed by atoms with van der Waals surface area (Å²) < 4.78 is 5.11. The molecule has 1 atom stereocenters. The van der Waals surface area contributed by atoms with Crippen LogP contribution in [0, 0.1) is 13.8 Å². The van der Waals surface area contributed by atoms with Crippen LogP contribution in [0.1, 0.15) is 28.4 Å². The third-order valence-electron chi connectivity index (χ3n) is 3.56. The number of halogens is 1. The number of hydrogen-bond donors (Lipinski definition) is 1. The van der Waals surface area contributed by atoms with Crippen LogP contribution in [0.2, 0.25) is 5.02 Å². The first-order valence-corrected chi connectivity index (χ1v) is 6.96. The molecule has 2 aromatic rings. The number of methoxy groups -OCH3 is 1. The maximum Gasteiger partial charge on any atom is 0.137 e. The summed E-state index contributed by atoms with van der Waals surface area (Å²) in [5.41, 5.74) is 4.42. The normalized spacial score (nSPS) is 12.2. The van der Waals surface area contributed by atoms with E-state index >= 15 is 0 Å². The molecule has 0 amide bonds. The highest BCUT2D eigenvalue weighted by Crippen LogP contribution is 2.29. The minimum atomic E-state index is -0.569. The highest BCUT2D eigenvalue weighted by molar-refractivity contribution is 6.32. The van der Waals surface area contributed by atoms with Crippen LogP contribution in [-0.4, -0.2) is 12.2 Å². The summed E-state index contributed by atoms with van der Waals surface area (Å²) >= 11 is 6.09. The molecule has 0 aromatic heterocycles. The van der Waals surface area contributed by atoms with Crippen LogP contribution in [-0.2, 0) is 6.42 Å². The number of benzene rings is 2. The molecule has 3 heteroatoms. The van der Waals surface area contributed by atoms with Gasteiger partial charge in [-0.15, -0.1) is 0 Å². The predicted octanol–water partition coefficient (Wildman–Crippen LogP) is 4.24. The minimum absolute atomic E-state index is 0.518.